The van der Waals surface area contributed by atoms with Gasteiger partial charge < -0.3 is 15.2 Å². The second kappa shape index (κ2) is 6.78. The quantitative estimate of drug-likeness (QED) is 0.455. The predicted octanol–water partition coefficient (Wildman–Crippen LogP) is 4.14. The number of aliphatic hydroxyl groups excluding tert-OH is 1. The summed E-state index contributed by atoms with van der Waals surface area (Å²) in [7, 11) is 0. The highest BCUT2D eigenvalue weighted by Gasteiger charge is 2.27. The van der Waals surface area contributed by atoms with Crippen LogP contribution in [0, 0.1) is 0 Å². The van der Waals surface area contributed by atoms with Crippen molar-refractivity contribution in [2.24, 2.45) is 0 Å². The zero-order valence-electron chi connectivity index (χ0n) is 13.6. The smallest absolute Gasteiger partial charge is 0.156 e. The summed E-state index contributed by atoms with van der Waals surface area (Å²) in [5, 5.41) is 20.5. The average Bonchev–Trinajstić information content (AvgIpc) is 3.16. The predicted molar refractivity (Wildman–Crippen MR) is 98.8 cm³/mol. The minimum absolute atomic E-state index is 0.131. The molecule has 4 rings (SSSR count). The Hall–Kier alpha value is -2.50. The third-order valence-electron chi connectivity index (χ3n) is 4.27. The molecule has 0 unspecified atom stereocenters. The highest BCUT2D eigenvalue weighted by molar-refractivity contribution is 6.30. The summed E-state index contributed by atoms with van der Waals surface area (Å²) in [6.07, 6.45) is 1.37. The van der Waals surface area contributed by atoms with Crippen molar-refractivity contribution in [2.75, 3.05) is 18.5 Å². The van der Waals surface area contributed by atoms with Crippen molar-refractivity contribution in [3.8, 4) is 17.0 Å². The van der Waals surface area contributed by atoms with E-state index >= 15 is 0 Å². The maximum absolute atomic E-state index is 8.93. The van der Waals surface area contributed by atoms with Crippen LogP contribution in [-0.4, -0.2) is 28.5 Å². The zero-order valence-corrected chi connectivity index (χ0v) is 14.3. The number of aromatic amines is 1. The molecule has 0 saturated heterocycles. The van der Waals surface area contributed by atoms with Gasteiger partial charge in [-0.05, 0) is 24.3 Å². The van der Waals surface area contributed by atoms with E-state index in [1.807, 2.05) is 36.4 Å². The minimum Gasteiger partial charge on any atom is -0.493 e. The number of ether oxygens (including phenoxy) is 1. The number of benzene rings is 2. The van der Waals surface area contributed by atoms with Gasteiger partial charge in [-0.3, -0.25) is 5.10 Å². The highest BCUT2D eigenvalue weighted by Crippen LogP contribution is 2.43. The first-order valence-corrected chi connectivity index (χ1v) is 8.60. The molecule has 6 heteroatoms. The van der Waals surface area contributed by atoms with Gasteiger partial charge in [-0.25, -0.2) is 0 Å². The molecule has 0 radical (unpaired) electrons. The van der Waals surface area contributed by atoms with Crippen LogP contribution >= 0.6 is 11.6 Å². The molecule has 128 valence electrons. The summed E-state index contributed by atoms with van der Waals surface area (Å²) < 4.78 is 5.83. The number of aliphatic hydroxyl groups is 1. The van der Waals surface area contributed by atoms with Crippen LogP contribution in [0.2, 0.25) is 5.02 Å². The lowest BCUT2D eigenvalue weighted by atomic mass is 10.1. The molecule has 0 aliphatic heterocycles. The molecular weight excluding hydrogens is 338 g/mol. The molecule has 2 aromatic carbocycles. The van der Waals surface area contributed by atoms with Crippen LogP contribution in [0.1, 0.15) is 17.5 Å². The summed E-state index contributed by atoms with van der Waals surface area (Å²) in [6.45, 7) is 0.637. The molecule has 0 spiro atoms. The van der Waals surface area contributed by atoms with Gasteiger partial charge in [-0.1, -0.05) is 29.8 Å². The number of hydrogen-bond donors (Lipinski definition) is 3. The van der Waals surface area contributed by atoms with E-state index in [4.69, 9.17) is 21.4 Å². The normalized spacial score (nSPS) is 11.9. The summed E-state index contributed by atoms with van der Waals surface area (Å²) in [4.78, 5) is 0. The Bertz CT molecular complexity index is 907. The molecule has 0 atom stereocenters. The molecule has 0 saturated carbocycles. The van der Waals surface area contributed by atoms with E-state index in [9.17, 15) is 0 Å². The summed E-state index contributed by atoms with van der Waals surface area (Å²) in [5.41, 5.74) is 5.30. The largest absolute Gasteiger partial charge is 0.493 e. The van der Waals surface area contributed by atoms with Crippen LogP contribution in [-0.2, 0) is 6.42 Å². The van der Waals surface area contributed by atoms with Crippen molar-refractivity contribution in [1.29, 1.82) is 0 Å². The number of H-pyrrole nitrogens is 1. The Balaban J connectivity index is 1.61. The monoisotopic (exact) mass is 355 g/mol. The number of halogens is 1. The molecule has 25 heavy (non-hydrogen) atoms. The summed E-state index contributed by atoms with van der Waals surface area (Å²) in [6, 6.07) is 13.6. The third kappa shape index (κ3) is 3.08. The molecule has 0 amide bonds. The molecule has 0 bridgehead atoms. The lowest BCUT2D eigenvalue weighted by Gasteiger charge is -2.10. The first kappa shape index (κ1) is 16.0. The topological polar surface area (TPSA) is 70.2 Å². The summed E-state index contributed by atoms with van der Waals surface area (Å²) >= 11 is 6.05. The average molecular weight is 356 g/mol. The molecule has 1 heterocycles. The number of nitrogens with zero attached hydrogens (tertiary/aromatic N) is 1. The Morgan fingerprint density at radius 3 is 2.92 bits per heavy atom. The van der Waals surface area contributed by atoms with Crippen LogP contribution in [0.4, 0.5) is 11.5 Å². The Labute approximate surface area is 150 Å². The van der Waals surface area contributed by atoms with Crippen LogP contribution in [0.3, 0.4) is 0 Å². The van der Waals surface area contributed by atoms with Gasteiger partial charge in [0.1, 0.15) is 5.75 Å². The van der Waals surface area contributed by atoms with Gasteiger partial charge in [0, 0.05) is 46.8 Å². The summed E-state index contributed by atoms with van der Waals surface area (Å²) in [5.74, 6) is 1.67. The van der Waals surface area contributed by atoms with Crippen LogP contribution in [0.15, 0.2) is 42.5 Å². The maximum Gasteiger partial charge on any atom is 0.156 e. The molecule has 1 aromatic heterocycles. The Morgan fingerprint density at radius 1 is 1.20 bits per heavy atom. The van der Waals surface area contributed by atoms with E-state index in [-0.39, 0.29) is 6.61 Å². The number of fused-ring (bicyclic) bond motifs is 3. The number of rotatable bonds is 6. The minimum atomic E-state index is 0.131. The van der Waals surface area contributed by atoms with E-state index in [1.165, 1.54) is 0 Å². The molecule has 3 aromatic rings. The fourth-order valence-corrected chi connectivity index (χ4v) is 3.30. The van der Waals surface area contributed by atoms with Crippen molar-refractivity contribution in [1.82, 2.24) is 10.2 Å². The van der Waals surface area contributed by atoms with E-state index in [1.54, 1.807) is 0 Å². The van der Waals surface area contributed by atoms with E-state index in [2.05, 4.69) is 21.6 Å². The fourth-order valence-electron chi connectivity index (χ4n) is 3.11. The molecule has 1 aliphatic rings. The van der Waals surface area contributed by atoms with Gasteiger partial charge in [0.05, 0.1) is 12.3 Å². The molecule has 1 aliphatic carbocycles. The van der Waals surface area contributed by atoms with Gasteiger partial charge in [0.25, 0.3) is 0 Å². The third-order valence-corrected chi connectivity index (χ3v) is 4.51. The molecular formula is C19H18ClN3O2. The maximum atomic E-state index is 8.93. The SMILES string of the molecule is OCCCOc1cccc2c1Cc1c(Nc3cccc(Cl)c3)n[nH]c1-2. The molecule has 5 nitrogen and oxygen atoms in total. The molecule has 3 N–H and O–H groups in total. The second-order valence-electron chi connectivity index (χ2n) is 5.95. The lowest BCUT2D eigenvalue weighted by Crippen LogP contribution is -2.02. The Kier molecular flexibility index (Phi) is 4.34. The number of hydrogen-bond acceptors (Lipinski definition) is 4. The van der Waals surface area contributed by atoms with E-state index < -0.39 is 0 Å². The van der Waals surface area contributed by atoms with Crippen molar-refractivity contribution < 1.29 is 9.84 Å². The Morgan fingerprint density at radius 2 is 2.08 bits per heavy atom. The number of nitrogens with one attached hydrogen (secondary N) is 2. The van der Waals surface area contributed by atoms with Crippen molar-refractivity contribution in [3.05, 3.63) is 58.6 Å². The highest BCUT2D eigenvalue weighted by atomic mass is 35.5. The zero-order chi connectivity index (χ0) is 17.2. The van der Waals surface area contributed by atoms with Crippen LogP contribution < -0.4 is 10.1 Å². The van der Waals surface area contributed by atoms with Gasteiger partial charge in [-0.15, -0.1) is 0 Å². The number of aromatic nitrogens is 2. The lowest BCUT2D eigenvalue weighted by molar-refractivity contribution is 0.233. The van der Waals surface area contributed by atoms with Crippen molar-refractivity contribution in [2.45, 2.75) is 12.8 Å². The number of anilines is 2. The second-order valence-corrected chi connectivity index (χ2v) is 6.38. The first-order valence-electron chi connectivity index (χ1n) is 8.22. The van der Waals surface area contributed by atoms with Crippen molar-refractivity contribution >= 4 is 23.1 Å². The van der Waals surface area contributed by atoms with Crippen LogP contribution in [0.25, 0.3) is 11.3 Å². The van der Waals surface area contributed by atoms with Gasteiger partial charge >= 0.3 is 0 Å². The van der Waals surface area contributed by atoms with Crippen molar-refractivity contribution in [3.63, 3.8) is 0 Å². The van der Waals surface area contributed by atoms with Gasteiger partial charge in [-0.2, -0.15) is 5.10 Å². The fraction of sp³-hybridized carbons (Fsp3) is 0.211. The van der Waals surface area contributed by atoms with Gasteiger partial charge in [0.2, 0.25) is 0 Å². The van der Waals surface area contributed by atoms with Gasteiger partial charge in [0.15, 0.2) is 5.82 Å². The van der Waals surface area contributed by atoms with Crippen LogP contribution in [0.5, 0.6) is 5.75 Å². The van der Waals surface area contributed by atoms with E-state index in [0.29, 0.717) is 18.1 Å². The first-order chi connectivity index (χ1) is 12.3. The van der Waals surface area contributed by atoms with E-state index in [0.717, 1.165) is 46.1 Å². The molecule has 0 fully saturated rings. The standard InChI is InChI=1S/C19H18ClN3O2/c20-12-4-1-5-13(10-12)21-19-16-11-15-14(18(16)22-23-19)6-2-7-17(15)25-9-3-8-24/h1-2,4-7,10,24H,3,8-9,11H2,(H2,21,22,23).